The normalized spacial score (nSPS) is 14.5. The van der Waals surface area contributed by atoms with Gasteiger partial charge in [0.2, 0.25) is 5.91 Å². The lowest BCUT2D eigenvalue weighted by molar-refractivity contribution is -0.117. The van der Waals surface area contributed by atoms with Crippen molar-refractivity contribution >= 4 is 17.5 Å². The summed E-state index contributed by atoms with van der Waals surface area (Å²) in [6, 6.07) is 13.4. The Kier molecular flexibility index (Phi) is 6.03. The maximum atomic E-state index is 13.9. The summed E-state index contributed by atoms with van der Waals surface area (Å²) in [5, 5.41) is 6.95. The van der Waals surface area contributed by atoms with Crippen LogP contribution in [0.1, 0.15) is 10.5 Å². The van der Waals surface area contributed by atoms with Gasteiger partial charge in [-0.2, -0.15) is 5.10 Å². The molecule has 2 aromatic carbocycles. The van der Waals surface area contributed by atoms with Gasteiger partial charge in [-0.1, -0.05) is 12.1 Å². The molecule has 9 heteroatoms. The highest BCUT2D eigenvalue weighted by atomic mass is 19.1. The van der Waals surface area contributed by atoms with Crippen molar-refractivity contribution in [3.63, 3.8) is 0 Å². The van der Waals surface area contributed by atoms with Crippen LogP contribution in [-0.4, -0.2) is 64.1 Å². The Hall–Kier alpha value is -3.59. The van der Waals surface area contributed by atoms with E-state index in [1.165, 1.54) is 35.0 Å². The van der Waals surface area contributed by atoms with E-state index < -0.39 is 5.82 Å². The molecule has 4 rings (SSSR count). The maximum Gasteiger partial charge on any atom is 0.274 e. The first-order valence-electron chi connectivity index (χ1n) is 9.87. The lowest BCUT2D eigenvalue weighted by Crippen LogP contribution is -2.50. The number of hydrogen-bond acceptors (Lipinski definition) is 4. The first kappa shape index (κ1) is 20.7. The van der Waals surface area contributed by atoms with Gasteiger partial charge < -0.3 is 10.2 Å². The molecule has 0 atom stereocenters. The predicted octanol–water partition coefficient (Wildman–Crippen LogP) is 2.55. The van der Waals surface area contributed by atoms with Crippen molar-refractivity contribution < 1.29 is 18.4 Å². The molecule has 0 spiro atoms. The van der Waals surface area contributed by atoms with Crippen LogP contribution < -0.4 is 5.32 Å². The van der Waals surface area contributed by atoms with Crippen LogP contribution in [0.15, 0.2) is 60.8 Å². The molecule has 1 aromatic heterocycles. The Balaban J connectivity index is 1.29. The van der Waals surface area contributed by atoms with Crippen molar-refractivity contribution in [3.05, 3.63) is 78.1 Å². The highest BCUT2D eigenvalue weighted by Crippen LogP contribution is 2.14. The Morgan fingerprint density at radius 1 is 0.935 bits per heavy atom. The van der Waals surface area contributed by atoms with Gasteiger partial charge in [0.05, 0.1) is 6.54 Å². The zero-order valence-corrected chi connectivity index (χ0v) is 16.7. The molecule has 1 saturated heterocycles. The highest BCUT2D eigenvalue weighted by Gasteiger charge is 2.25. The highest BCUT2D eigenvalue weighted by molar-refractivity contribution is 5.93. The number of carbonyl (C=O) groups excluding carboxylic acids is 2. The average Bonchev–Trinajstić information content (AvgIpc) is 3.26. The second-order valence-corrected chi connectivity index (χ2v) is 7.22. The van der Waals surface area contributed by atoms with Crippen molar-refractivity contribution in [2.45, 2.75) is 0 Å². The van der Waals surface area contributed by atoms with Gasteiger partial charge in [-0.3, -0.25) is 14.5 Å². The number of piperazine rings is 1. The van der Waals surface area contributed by atoms with Crippen molar-refractivity contribution in [3.8, 4) is 5.69 Å². The van der Waals surface area contributed by atoms with Crippen molar-refractivity contribution in [1.29, 1.82) is 0 Å². The van der Waals surface area contributed by atoms with Gasteiger partial charge in [-0.25, -0.2) is 13.5 Å². The van der Waals surface area contributed by atoms with Crippen LogP contribution in [-0.2, 0) is 4.79 Å². The van der Waals surface area contributed by atoms with Crippen LogP contribution in [0.5, 0.6) is 0 Å². The van der Waals surface area contributed by atoms with E-state index in [1.807, 2.05) is 4.90 Å². The molecule has 31 heavy (non-hydrogen) atoms. The fourth-order valence-electron chi connectivity index (χ4n) is 3.42. The summed E-state index contributed by atoms with van der Waals surface area (Å²) in [7, 11) is 0. The van der Waals surface area contributed by atoms with Crippen LogP contribution in [0.25, 0.3) is 5.69 Å². The largest absolute Gasteiger partial charge is 0.335 e. The molecule has 2 heterocycles. The molecule has 0 saturated carbocycles. The number of halogens is 2. The van der Waals surface area contributed by atoms with Crippen LogP contribution >= 0.6 is 0 Å². The Bertz CT molecular complexity index is 1080. The molecule has 0 aliphatic carbocycles. The van der Waals surface area contributed by atoms with E-state index in [4.69, 9.17) is 0 Å². The molecule has 1 fully saturated rings. The number of amides is 2. The number of para-hydroxylation sites is 1. The van der Waals surface area contributed by atoms with Gasteiger partial charge in [0.15, 0.2) is 5.69 Å². The van der Waals surface area contributed by atoms with E-state index in [-0.39, 0.29) is 35.6 Å². The van der Waals surface area contributed by atoms with E-state index in [9.17, 15) is 18.4 Å². The van der Waals surface area contributed by atoms with Crippen LogP contribution in [0.4, 0.5) is 14.5 Å². The summed E-state index contributed by atoms with van der Waals surface area (Å²) < 4.78 is 28.2. The summed E-state index contributed by atoms with van der Waals surface area (Å²) in [6.07, 6.45) is 1.56. The van der Waals surface area contributed by atoms with Gasteiger partial charge in [0, 0.05) is 38.1 Å². The van der Waals surface area contributed by atoms with E-state index in [0.29, 0.717) is 31.9 Å². The van der Waals surface area contributed by atoms with Gasteiger partial charge in [0.1, 0.15) is 17.3 Å². The Morgan fingerprint density at radius 3 is 2.35 bits per heavy atom. The third-order valence-electron chi connectivity index (χ3n) is 5.06. The lowest BCUT2D eigenvalue weighted by Gasteiger charge is -2.33. The van der Waals surface area contributed by atoms with Gasteiger partial charge in [-0.05, 0) is 42.5 Å². The van der Waals surface area contributed by atoms with Gasteiger partial charge >= 0.3 is 0 Å². The molecular formula is C22H21F2N5O2. The molecule has 1 N–H and O–H groups in total. The molecular weight excluding hydrogens is 404 g/mol. The second kappa shape index (κ2) is 9.05. The first-order chi connectivity index (χ1) is 15.0. The number of carbonyl (C=O) groups is 2. The van der Waals surface area contributed by atoms with Crippen LogP contribution in [0.3, 0.4) is 0 Å². The molecule has 3 aromatic rings. The van der Waals surface area contributed by atoms with Gasteiger partial charge in [0.25, 0.3) is 5.91 Å². The molecule has 1 aliphatic rings. The summed E-state index contributed by atoms with van der Waals surface area (Å²) >= 11 is 0. The molecule has 1 aliphatic heterocycles. The van der Waals surface area contributed by atoms with E-state index >= 15 is 0 Å². The molecule has 0 radical (unpaired) electrons. The number of hydrogen-bond donors (Lipinski definition) is 1. The topological polar surface area (TPSA) is 70.5 Å². The minimum Gasteiger partial charge on any atom is -0.335 e. The van der Waals surface area contributed by atoms with E-state index in [2.05, 4.69) is 10.4 Å². The SMILES string of the molecule is O=C(CN1CCN(C(=O)c2ccn(-c3ccccc3F)n2)CC1)Nc1ccc(F)cc1. The van der Waals surface area contributed by atoms with Crippen LogP contribution in [0, 0.1) is 11.6 Å². The summed E-state index contributed by atoms with van der Waals surface area (Å²) in [5.74, 6) is -1.21. The number of nitrogens with zero attached hydrogens (tertiary/aromatic N) is 4. The van der Waals surface area contributed by atoms with Crippen molar-refractivity contribution in [1.82, 2.24) is 19.6 Å². The standard InChI is InChI=1S/C22H21F2N5O2/c23-16-5-7-17(8-6-16)25-21(30)15-27-11-13-28(14-12-27)22(31)19-9-10-29(26-19)20-4-2-1-3-18(20)24/h1-10H,11-15H2,(H,25,30). The Labute approximate surface area is 177 Å². The van der Waals surface area contributed by atoms with E-state index in [1.54, 1.807) is 35.4 Å². The molecule has 0 bridgehead atoms. The fourth-order valence-corrected chi connectivity index (χ4v) is 3.42. The minimum absolute atomic E-state index is 0.182. The number of anilines is 1. The number of nitrogens with one attached hydrogen (secondary N) is 1. The minimum atomic E-state index is -0.419. The molecule has 7 nitrogen and oxygen atoms in total. The molecule has 160 valence electrons. The second-order valence-electron chi connectivity index (χ2n) is 7.22. The predicted molar refractivity (Wildman–Crippen MR) is 111 cm³/mol. The van der Waals surface area contributed by atoms with Crippen LogP contribution in [0.2, 0.25) is 0 Å². The van der Waals surface area contributed by atoms with E-state index in [0.717, 1.165) is 0 Å². The monoisotopic (exact) mass is 425 g/mol. The lowest BCUT2D eigenvalue weighted by atomic mass is 10.2. The zero-order chi connectivity index (χ0) is 21.8. The average molecular weight is 425 g/mol. The summed E-state index contributed by atoms with van der Waals surface area (Å²) in [5.41, 5.74) is 1.05. The smallest absolute Gasteiger partial charge is 0.274 e. The van der Waals surface area contributed by atoms with Crippen molar-refractivity contribution in [2.75, 3.05) is 38.0 Å². The first-order valence-corrected chi connectivity index (χ1v) is 9.87. The molecule has 0 unspecified atom stereocenters. The fraction of sp³-hybridized carbons (Fsp3) is 0.227. The Morgan fingerprint density at radius 2 is 1.65 bits per heavy atom. The number of aromatic nitrogens is 2. The zero-order valence-electron chi connectivity index (χ0n) is 16.7. The maximum absolute atomic E-state index is 13.9. The van der Waals surface area contributed by atoms with Gasteiger partial charge in [-0.15, -0.1) is 0 Å². The summed E-state index contributed by atoms with van der Waals surface area (Å²) in [6.45, 7) is 2.17. The third kappa shape index (κ3) is 4.95. The summed E-state index contributed by atoms with van der Waals surface area (Å²) in [4.78, 5) is 28.6. The number of rotatable bonds is 5. The third-order valence-corrected chi connectivity index (χ3v) is 5.06. The van der Waals surface area contributed by atoms with Crippen molar-refractivity contribution in [2.24, 2.45) is 0 Å². The molecule has 2 amide bonds. The number of benzene rings is 2. The quantitative estimate of drug-likeness (QED) is 0.682.